The minimum absolute atomic E-state index is 0.0278. The number of hydrogen-bond donors (Lipinski definition) is 2. The molecular formula is C22H31N3O3. The van der Waals surface area contributed by atoms with Gasteiger partial charge >= 0.3 is 0 Å². The summed E-state index contributed by atoms with van der Waals surface area (Å²) in [5, 5.41) is 5.97. The lowest BCUT2D eigenvalue weighted by Gasteiger charge is -2.36. The van der Waals surface area contributed by atoms with Gasteiger partial charge < -0.3 is 15.5 Å². The molecule has 1 heterocycles. The predicted octanol–water partition coefficient (Wildman–Crippen LogP) is 2.35. The zero-order chi connectivity index (χ0) is 20.1. The smallest absolute Gasteiger partial charge is 0.251 e. The first-order chi connectivity index (χ1) is 13.5. The Morgan fingerprint density at radius 1 is 1.04 bits per heavy atom. The van der Waals surface area contributed by atoms with Crippen LogP contribution in [0.1, 0.15) is 56.3 Å². The highest BCUT2D eigenvalue weighted by Gasteiger charge is 2.38. The molecule has 2 fully saturated rings. The van der Waals surface area contributed by atoms with Gasteiger partial charge in [0.05, 0.1) is 0 Å². The highest BCUT2D eigenvalue weighted by molar-refractivity contribution is 5.97. The Kier molecular flexibility index (Phi) is 6.70. The molecule has 0 bridgehead atoms. The number of nitrogens with zero attached hydrogens (tertiary/aromatic N) is 1. The van der Waals surface area contributed by atoms with Crippen LogP contribution in [0.15, 0.2) is 30.3 Å². The van der Waals surface area contributed by atoms with E-state index in [1.165, 1.54) is 0 Å². The summed E-state index contributed by atoms with van der Waals surface area (Å²) in [5.74, 6) is 0.137. The van der Waals surface area contributed by atoms with Crippen LogP contribution in [0.4, 0.5) is 0 Å². The first-order valence-electron chi connectivity index (χ1n) is 10.4. The third-order valence-corrected chi connectivity index (χ3v) is 5.86. The highest BCUT2D eigenvalue weighted by atomic mass is 16.2. The zero-order valence-electron chi connectivity index (χ0n) is 16.8. The fraction of sp³-hybridized carbons (Fsp3) is 0.591. The maximum absolute atomic E-state index is 12.9. The SMILES string of the molecule is CC[C@H](C)NC(=O)[C@H](NC(=O)c1ccccc1)C1CCN(C(=O)C2CC2)CC1. The van der Waals surface area contributed by atoms with Crippen molar-refractivity contribution in [3.8, 4) is 0 Å². The van der Waals surface area contributed by atoms with E-state index in [9.17, 15) is 14.4 Å². The van der Waals surface area contributed by atoms with Crippen LogP contribution in [0.5, 0.6) is 0 Å². The quantitative estimate of drug-likeness (QED) is 0.756. The fourth-order valence-electron chi connectivity index (χ4n) is 3.69. The van der Waals surface area contributed by atoms with E-state index in [0.717, 1.165) is 32.1 Å². The molecule has 1 aromatic carbocycles. The number of likely N-dealkylation sites (tertiary alicyclic amines) is 1. The lowest BCUT2D eigenvalue weighted by molar-refractivity contribution is -0.134. The van der Waals surface area contributed by atoms with Gasteiger partial charge in [0.1, 0.15) is 6.04 Å². The molecule has 0 aromatic heterocycles. The van der Waals surface area contributed by atoms with Gasteiger partial charge in [-0.15, -0.1) is 0 Å². The Bertz CT molecular complexity index is 694. The second kappa shape index (κ2) is 9.22. The van der Waals surface area contributed by atoms with E-state index in [-0.39, 0.29) is 35.6 Å². The average molecular weight is 386 g/mol. The first-order valence-corrected chi connectivity index (χ1v) is 10.4. The van der Waals surface area contributed by atoms with Crippen molar-refractivity contribution in [3.63, 3.8) is 0 Å². The van der Waals surface area contributed by atoms with Crippen molar-refractivity contribution in [2.24, 2.45) is 11.8 Å². The number of nitrogens with one attached hydrogen (secondary N) is 2. The summed E-state index contributed by atoms with van der Waals surface area (Å²) in [6.45, 7) is 5.30. The lowest BCUT2D eigenvalue weighted by Crippen LogP contribution is -2.55. The van der Waals surface area contributed by atoms with E-state index in [4.69, 9.17) is 0 Å². The zero-order valence-corrected chi connectivity index (χ0v) is 16.8. The Morgan fingerprint density at radius 3 is 2.25 bits per heavy atom. The standard InChI is InChI=1S/C22H31N3O3/c1-3-15(2)23-21(27)19(24-20(26)17-7-5-4-6-8-17)16-11-13-25(14-12-16)22(28)18-9-10-18/h4-8,15-16,18-19H,3,9-14H2,1-2H3,(H,23,27)(H,24,26)/t15-,19+/m0/s1. The van der Waals surface area contributed by atoms with Gasteiger partial charge in [0.15, 0.2) is 0 Å². The number of hydrogen-bond acceptors (Lipinski definition) is 3. The van der Waals surface area contributed by atoms with Gasteiger partial charge in [0, 0.05) is 30.6 Å². The second-order valence-electron chi connectivity index (χ2n) is 8.07. The summed E-state index contributed by atoms with van der Waals surface area (Å²) in [6, 6.07) is 8.44. The molecule has 6 heteroatoms. The molecule has 2 aliphatic rings. The first kappa shape index (κ1) is 20.4. The van der Waals surface area contributed by atoms with Crippen molar-refractivity contribution in [2.75, 3.05) is 13.1 Å². The molecular weight excluding hydrogens is 354 g/mol. The molecule has 3 rings (SSSR count). The second-order valence-corrected chi connectivity index (χ2v) is 8.07. The minimum atomic E-state index is -0.583. The summed E-state index contributed by atoms with van der Waals surface area (Å²) in [6.07, 6.45) is 4.30. The van der Waals surface area contributed by atoms with E-state index in [2.05, 4.69) is 10.6 Å². The van der Waals surface area contributed by atoms with Crippen LogP contribution in [-0.2, 0) is 9.59 Å². The van der Waals surface area contributed by atoms with Gasteiger partial charge in [-0.25, -0.2) is 0 Å². The van der Waals surface area contributed by atoms with Gasteiger partial charge in [0.25, 0.3) is 5.91 Å². The molecule has 6 nitrogen and oxygen atoms in total. The summed E-state index contributed by atoms with van der Waals surface area (Å²) in [4.78, 5) is 39.8. The number of piperidine rings is 1. The minimum Gasteiger partial charge on any atom is -0.352 e. The molecule has 1 aromatic rings. The molecule has 0 unspecified atom stereocenters. The number of benzene rings is 1. The van der Waals surface area contributed by atoms with Crippen LogP contribution in [0, 0.1) is 11.8 Å². The molecule has 1 aliphatic heterocycles. The number of carbonyl (C=O) groups is 3. The van der Waals surface area contributed by atoms with Crippen LogP contribution in [0.3, 0.4) is 0 Å². The van der Waals surface area contributed by atoms with E-state index >= 15 is 0 Å². The Balaban J connectivity index is 1.66. The van der Waals surface area contributed by atoms with Gasteiger partial charge in [-0.3, -0.25) is 14.4 Å². The van der Waals surface area contributed by atoms with Crippen molar-refractivity contribution in [1.29, 1.82) is 0 Å². The van der Waals surface area contributed by atoms with E-state index < -0.39 is 6.04 Å². The molecule has 0 radical (unpaired) electrons. The third kappa shape index (κ3) is 5.12. The molecule has 1 saturated heterocycles. The largest absolute Gasteiger partial charge is 0.352 e. The molecule has 1 aliphatic carbocycles. The van der Waals surface area contributed by atoms with E-state index in [1.807, 2.05) is 36.9 Å². The van der Waals surface area contributed by atoms with E-state index in [0.29, 0.717) is 18.7 Å². The van der Waals surface area contributed by atoms with Crippen LogP contribution >= 0.6 is 0 Å². The molecule has 0 spiro atoms. The fourth-order valence-corrected chi connectivity index (χ4v) is 3.69. The summed E-state index contributed by atoms with van der Waals surface area (Å²) in [7, 11) is 0. The molecule has 2 atom stereocenters. The van der Waals surface area contributed by atoms with Gasteiger partial charge in [-0.2, -0.15) is 0 Å². The Morgan fingerprint density at radius 2 is 1.68 bits per heavy atom. The van der Waals surface area contributed by atoms with Crippen molar-refractivity contribution < 1.29 is 14.4 Å². The molecule has 1 saturated carbocycles. The summed E-state index contributed by atoms with van der Waals surface area (Å²) < 4.78 is 0. The number of rotatable bonds is 7. The monoisotopic (exact) mass is 385 g/mol. The van der Waals surface area contributed by atoms with Crippen molar-refractivity contribution in [3.05, 3.63) is 35.9 Å². The van der Waals surface area contributed by atoms with Crippen LogP contribution < -0.4 is 10.6 Å². The van der Waals surface area contributed by atoms with Crippen LogP contribution in [0.25, 0.3) is 0 Å². The topological polar surface area (TPSA) is 78.5 Å². The normalized spacial score (nSPS) is 19.6. The Labute approximate surface area is 167 Å². The maximum Gasteiger partial charge on any atom is 0.251 e. The lowest BCUT2D eigenvalue weighted by atomic mass is 9.88. The number of carbonyl (C=O) groups excluding carboxylic acids is 3. The average Bonchev–Trinajstić information content (AvgIpc) is 3.57. The van der Waals surface area contributed by atoms with Gasteiger partial charge in [-0.1, -0.05) is 25.1 Å². The van der Waals surface area contributed by atoms with Crippen molar-refractivity contribution >= 4 is 17.7 Å². The maximum atomic E-state index is 12.9. The van der Waals surface area contributed by atoms with E-state index in [1.54, 1.807) is 12.1 Å². The summed E-state index contributed by atoms with van der Waals surface area (Å²) >= 11 is 0. The Hall–Kier alpha value is -2.37. The van der Waals surface area contributed by atoms with Gasteiger partial charge in [-0.05, 0) is 57.1 Å². The van der Waals surface area contributed by atoms with Crippen LogP contribution in [-0.4, -0.2) is 47.8 Å². The van der Waals surface area contributed by atoms with Gasteiger partial charge in [0.2, 0.25) is 11.8 Å². The molecule has 152 valence electrons. The van der Waals surface area contributed by atoms with Crippen LogP contribution in [0.2, 0.25) is 0 Å². The van der Waals surface area contributed by atoms with Crippen molar-refractivity contribution in [2.45, 2.75) is 58.0 Å². The molecule has 3 amide bonds. The third-order valence-electron chi connectivity index (χ3n) is 5.86. The molecule has 28 heavy (non-hydrogen) atoms. The number of amides is 3. The highest BCUT2D eigenvalue weighted by Crippen LogP contribution is 2.33. The van der Waals surface area contributed by atoms with Crippen molar-refractivity contribution in [1.82, 2.24) is 15.5 Å². The summed E-state index contributed by atoms with van der Waals surface area (Å²) in [5.41, 5.74) is 0.546. The molecule has 2 N–H and O–H groups in total. The predicted molar refractivity (Wildman–Crippen MR) is 108 cm³/mol.